The second kappa shape index (κ2) is 10.6. The fourth-order valence-electron chi connectivity index (χ4n) is 5.60. The maximum atomic E-state index is 15.3. The number of aromatic nitrogens is 6. The molecule has 14 heteroatoms. The average Bonchev–Trinajstić information content (AvgIpc) is 3.48. The van der Waals surface area contributed by atoms with Gasteiger partial charge in [0.1, 0.15) is 23.1 Å². The number of piperidine rings is 1. The highest BCUT2D eigenvalue weighted by atomic mass is 35.5. The summed E-state index contributed by atoms with van der Waals surface area (Å²) in [5.41, 5.74) is -1.58. The summed E-state index contributed by atoms with van der Waals surface area (Å²) in [5.74, 6) is -0.101. The molecule has 3 aromatic rings. The van der Waals surface area contributed by atoms with Crippen molar-refractivity contribution in [2.24, 2.45) is 7.05 Å². The van der Waals surface area contributed by atoms with Crippen LogP contribution in [0, 0.1) is 5.82 Å². The SMILES string of the molecule is Cn1nnn(-c2cc(Nc3ncc(Cl)c(N[C@@H]4C[C@H]5CCCN5C(C)(C)C4)n3)c(F)cc2OCC(C)(C)O)c1=O. The van der Waals surface area contributed by atoms with Gasteiger partial charge in [0.2, 0.25) is 5.95 Å². The molecular formula is C26H35ClFN9O3. The molecule has 0 spiro atoms. The van der Waals surface area contributed by atoms with Crippen molar-refractivity contribution in [1.82, 2.24) is 34.7 Å². The second-order valence-electron chi connectivity index (χ2n) is 11.8. The first-order chi connectivity index (χ1) is 18.8. The van der Waals surface area contributed by atoms with Crippen molar-refractivity contribution in [2.75, 3.05) is 23.8 Å². The van der Waals surface area contributed by atoms with E-state index in [1.165, 1.54) is 32.2 Å². The molecule has 0 unspecified atom stereocenters. The Labute approximate surface area is 236 Å². The smallest absolute Gasteiger partial charge is 0.368 e. The molecule has 0 saturated carbocycles. The van der Waals surface area contributed by atoms with Crippen LogP contribution < -0.4 is 21.1 Å². The van der Waals surface area contributed by atoms with E-state index in [2.05, 4.69) is 49.8 Å². The number of hydrogen-bond donors (Lipinski definition) is 3. The Kier molecular flexibility index (Phi) is 7.48. The normalized spacial score (nSPS) is 20.8. The molecule has 2 atom stereocenters. The molecule has 5 rings (SSSR count). The Bertz CT molecular complexity index is 1450. The Morgan fingerprint density at radius 2 is 2.08 bits per heavy atom. The van der Waals surface area contributed by atoms with Crippen molar-refractivity contribution in [2.45, 2.75) is 76.6 Å². The van der Waals surface area contributed by atoms with Crippen LogP contribution >= 0.6 is 11.6 Å². The zero-order valence-corrected chi connectivity index (χ0v) is 24.0. The monoisotopic (exact) mass is 575 g/mol. The fraction of sp³-hybridized carbons (Fsp3) is 0.577. The number of tetrazole rings is 1. The highest BCUT2D eigenvalue weighted by Crippen LogP contribution is 2.39. The Morgan fingerprint density at radius 1 is 1.30 bits per heavy atom. The number of halogens is 2. The minimum absolute atomic E-state index is 0.00743. The molecule has 3 N–H and O–H groups in total. The van der Waals surface area contributed by atoms with Gasteiger partial charge in [-0.3, -0.25) is 4.90 Å². The highest BCUT2D eigenvalue weighted by Gasteiger charge is 2.43. The number of fused-ring (bicyclic) bond motifs is 1. The molecule has 0 bridgehead atoms. The number of aliphatic hydroxyl groups is 1. The number of anilines is 3. The third kappa shape index (κ3) is 5.91. The number of rotatable bonds is 8. The van der Waals surface area contributed by atoms with Gasteiger partial charge in [-0.2, -0.15) is 14.3 Å². The predicted octanol–water partition coefficient (Wildman–Crippen LogP) is 3.26. The molecule has 2 saturated heterocycles. The topological polar surface area (TPSA) is 135 Å². The lowest BCUT2D eigenvalue weighted by Crippen LogP contribution is -2.55. The summed E-state index contributed by atoms with van der Waals surface area (Å²) in [6.45, 7) is 8.62. The first-order valence-electron chi connectivity index (χ1n) is 13.3. The Morgan fingerprint density at radius 3 is 2.77 bits per heavy atom. The van der Waals surface area contributed by atoms with Gasteiger partial charge in [-0.1, -0.05) is 11.6 Å². The van der Waals surface area contributed by atoms with E-state index in [4.69, 9.17) is 16.3 Å². The van der Waals surface area contributed by atoms with E-state index in [1.54, 1.807) is 13.8 Å². The van der Waals surface area contributed by atoms with Crippen LogP contribution in [-0.4, -0.2) is 76.1 Å². The third-order valence-electron chi connectivity index (χ3n) is 7.37. The van der Waals surface area contributed by atoms with Crippen molar-refractivity contribution in [3.8, 4) is 11.4 Å². The van der Waals surface area contributed by atoms with Crippen LogP contribution in [-0.2, 0) is 7.05 Å². The first kappa shape index (κ1) is 28.2. The quantitative estimate of drug-likeness (QED) is 0.367. The molecule has 40 heavy (non-hydrogen) atoms. The van der Waals surface area contributed by atoms with Gasteiger partial charge < -0.3 is 20.5 Å². The van der Waals surface area contributed by atoms with E-state index >= 15 is 4.39 Å². The summed E-state index contributed by atoms with van der Waals surface area (Å²) < 4.78 is 23.0. The van der Waals surface area contributed by atoms with Gasteiger partial charge >= 0.3 is 5.69 Å². The lowest BCUT2D eigenvalue weighted by atomic mass is 9.84. The van der Waals surface area contributed by atoms with E-state index in [-0.39, 0.29) is 41.3 Å². The molecule has 0 radical (unpaired) electrons. The molecule has 0 amide bonds. The third-order valence-corrected chi connectivity index (χ3v) is 7.64. The van der Waals surface area contributed by atoms with Crippen LogP contribution in [0.25, 0.3) is 5.69 Å². The summed E-state index contributed by atoms with van der Waals surface area (Å²) in [5, 5.41) is 24.4. The predicted molar refractivity (Wildman–Crippen MR) is 149 cm³/mol. The lowest BCUT2D eigenvalue weighted by Gasteiger charge is -2.47. The van der Waals surface area contributed by atoms with Crippen molar-refractivity contribution in [3.05, 3.63) is 39.7 Å². The number of aryl methyl sites for hydroxylation is 1. The molecule has 12 nitrogen and oxygen atoms in total. The number of benzene rings is 1. The number of nitrogens with zero attached hydrogens (tertiary/aromatic N) is 7. The minimum Gasteiger partial charge on any atom is -0.488 e. The summed E-state index contributed by atoms with van der Waals surface area (Å²) in [7, 11) is 1.44. The summed E-state index contributed by atoms with van der Waals surface area (Å²) in [6, 6.07) is 3.16. The molecule has 2 aliphatic heterocycles. The fourth-order valence-corrected chi connectivity index (χ4v) is 5.75. The van der Waals surface area contributed by atoms with Crippen LogP contribution in [0.15, 0.2) is 23.1 Å². The molecular weight excluding hydrogens is 541 g/mol. The highest BCUT2D eigenvalue weighted by molar-refractivity contribution is 6.32. The van der Waals surface area contributed by atoms with E-state index in [0.717, 1.165) is 34.8 Å². The molecule has 2 fully saturated rings. The summed E-state index contributed by atoms with van der Waals surface area (Å²) in [6.07, 6.45) is 5.77. The van der Waals surface area contributed by atoms with Gasteiger partial charge in [-0.15, -0.1) is 0 Å². The van der Waals surface area contributed by atoms with Gasteiger partial charge in [0.15, 0.2) is 11.6 Å². The molecule has 0 aliphatic carbocycles. The zero-order chi connectivity index (χ0) is 28.8. The van der Waals surface area contributed by atoms with Gasteiger partial charge in [0, 0.05) is 30.7 Å². The lowest BCUT2D eigenvalue weighted by molar-refractivity contribution is 0.0283. The van der Waals surface area contributed by atoms with Crippen molar-refractivity contribution in [1.29, 1.82) is 0 Å². The van der Waals surface area contributed by atoms with Gasteiger partial charge in [-0.05, 0) is 76.4 Å². The van der Waals surface area contributed by atoms with Gasteiger partial charge in [0.25, 0.3) is 0 Å². The van der Waals surface area contributed by atoms with Crippen molar-refractivity contribution in [3.63, 3.8) is 0 Å². The second-order valence-corrected chi connectivity index (χ2v) is 12.2. The summed E-state index contributed by atoms with van der Waals surface area (Å²) >= 11 is 6.46. The maximum absolute atomic E-state index is 15.3. The number of ether oxygens (including phenoxy) is 1. The molecule has 2 aliphatic rings. The number of hydrogen-bond acceptors (Lipinski definition) is 10. The van der Waals surface area contributed by atoms with Gasteiger partial charge in [0.05, 0.1) is 17.5 Å². The Hall–Kier alpha value is -3.29. The maximum Gasteiger partial charge on any atom is 0.368 e. The molecule has 1 aromatic carbocycles. The summed E-state index contributed by atoms with van der Waals surface area (Å²) in [4.78, 5) is 24.0. The van der Waals surface area contributed by atoms with Crippen LogP contribution in [0.1, 0.15) is 53.4 Å². The van der Waals surface area contributed by atoms with E-state index in [0.29, 0.717) is 16.9 Å². The first-order valence-corrected chi connectivity index (χ1v) is 13.7. The standard InChI is InChI=1S/C26H35ClFN9O3/c1-25(2)12-15(9-16-7-6-8-36(16)25)30-22-17(27)13-29-23(32-22)31-19-11-20(37-24(38)35(5)33-34-37)21(10-18(19)28)40-14-26(3,4)39/h10-11,13,15-16,39H,6-9,12,14H2,1-5H3,(H2,29,30,31,32)/t15-,16-/m1/s1. The van der Waals surface area contributed by atoms with Crippen LogP contribution in [0.2, 0.25) is 5.02 Å². The molecule has 4 heterocycles. The largest absolute Gasteiger partial charge is 0.488 e. The van der Waals surface area contributed by atoms with E-state index in [9.17, 15) is 9.90 Å². The van der Waals surface area contributed by atoms with E-state index < -0.39 is 17.1 Å². The number of nitrogens with one attached hydrogen (secondary N) is 2. The minimum atomic E-state index is -1.19. The Balaban J connectivity index is 1.42. The van der Waals surface area contributed by atoms with Crippen LogP contribution in [0.5, 0.6) is 5.75 Å². The van der Waals surface area contributed by atoms with E-state index in [1.807, 2.05) is 0 Å². The molecule has 2 aromatic heterocycles. The van der Waals surface area contributed by atoms with Crippen molar-refractivity contribution >= 4 is 29.1 Å². The van der Waals surface area contributed by atoms with Crippen LogP contribution in [0.4, 0.5) is 21.8 Å². The van der Waals surface area contributed by atoms with Crippen molar-refractivity contribution < 1.29 is 14.2 Å². The van der Waals surface area contributed by atoms with Crippen LogP contribution in [0.3, 0.4) is 0 Å². The van der Waals surface area contributed by atoms with Gasteiger partial charge in [-0.25, -0.2) is 14.2 Å². The molecule has 216 valence electrons. The average molecular weight is 576 g/mol. The zero-order valence-electron chi connectivity index (χ0n) is 23.3.